The fourth-order valence-electron chi connectivity index (χ4n) is 2.97. The number of nitrogen functional groups attached to an aromatic ring is 1. The van der Waals surface area contributed by atoms with Gasteiger partial charge >= 0.3 is 0 Å². The van der Waals surface area contributed by atoms with E-state index in [0.29, 0.717) is 24.3 Å². The molecule has 4 nitrogen and oxygen atoms in total. The van der Waals surface area contributed by atoms with Crippen LogP contribution in [0.2, 0.25) is 0 Å². The van der Waals surface area contributed by atoms with Gasteiger partial charge in [-0.2, -0.15) is 0 Å². The number of amides is 1. The summed E-state index contributed by atoms with van der Waals surface area (Å²) in [7, 11) is 0. The Kier molecular flexibility index (Phi) is 4.57. The summed E-state index contributed by atoms with van der Waals surface area (Å²) < 4.78 is 0.885. The highest BCUT2D eigenvalue weighted by Gasteiger charge is 2.24. The smallest absolute Gasteiger partial charge is 0.256 e. The number of benzene rings is 2. The largest absolute Gasteiger partial charge is 0.398 e. The van der Waals surface area contributed by atoms with Gasteiger partial charge in [-0.15, -0.1) is 0 Å². The highest BCUT2D eigenvalue weighted by atomic mass is 79.9. The molecule has 1 fully saturated rings. The van der Waals surface area contributed by atoms with Gasteiger partial charge in [0.15, 0.2) is 0 Å². The average Bonchev–Trinajstić information content (AvgIpc) is 2.55. The van der Waals surface area contributed by atoms with Gasteiger partial charge in [-0.05, 0) is 36.8 Å². The van der Waals surface area contributed by atoms with Crippen LogP contribution in [0.15, 0.2) is 46.9 Å². The Labute approximate surface area is 145 Å². The highest BCUT2D eigenvalue weighted by Crippen LogP contribution is 2.23. The van der Waals surface area contributed by atoms with Crippen molar-refractivity contribution in [1.29, 1.82) is 0 Å². The molecule has 0 aromatic heterocycles. The number of carbonyl (C=O) groups is 1. The second kappa shape index (κ2) is 6.62. The minimum absolute atomic E-state index is 0.0134. The molecule has 1 aliphatic rings. The maximum atomic E-state index is 12.7. The number of aryl methyl sites for hydroxylation is 1. The lowest BCUT2D eigenvalue weighted by atomic mass is 10.1. The number of nitrogens with zero attached hydrogens (tertiary/aromatic N) is 2. The average molecular weight is 374 g/mol. The van der Waals surface area contributed by atoms with E-state index < -0.39 is 0 Å². The summed E-state index contributed by atoms with van der Waals surface area (Å²) in [6.07, 6.45) is 0. The third-order valence-electron chi connectivity index (χ3n) is 4.27. The summed E-state index contributed by atoms with van der Waals surface area (Å²) in [6, 6.07) is 13.8. The maximum absolute atomic E-state index is 12.7. The highest BCUT2D eigenvalue weighted by molar-refractivity contribution is 9.10. The van der Waals surface area contributed by atoms with Gasteiger partial charge in [0.2, 0.25) is 0 Å². The number of piperazine rings is 1. The minimum atomic E-state index is 0.0134. The molecule has 0 bridgehead atoms. The van der Waals surface area contributed by atoms with Crippen molar-refractivity contribution in [3.63, 3.8) is 0 Å². The Hall–Kier alpha value is -2.01. The number of hydrogen-bond acceptors (Lipinski definition) is 3. The van der Waals surface area contributed by atoms with Crippen LogP contribution in [0.5, 0.6) is 0 Å². The van der Waals surface area contributed by atoms with E-state index in [1.54, 1.807) is 12.1 Å². The Balaban J connectivity index is 1.69. The molecular formula is C18H20BrN3O. The molecule has 1 heterocycles. The van der Waals surface area contributed by atoms with Crippen molar-refractivity contribution < 1.29 is 4.79 Å². The zero-order chi connectivity index (χ0) is 16.4. The van der Waals surface area contributed by atoms with Crippen LogP contribution in [0, 0.1) is 6.92 Å². The Morgan fingerprint density at radius 3 is 2.43 bits per heavy atom. The van der Waals surface area contributed by atoms with E-state index in [-0.39, 0.29) is 5.91 Å². The van der Waals surface area contributed by atoms with Gasteiger partial charge in [-0.25, -0.2) is 0 Å². The predicted molar refractivity (Wildman–Crippen MR) is 97.8 cm³/mol. The fraction of sp³-hybridized carbons (Fsp3) is 0.278. The lowest BCUT2D eigenvalue weighted by Gasteiger charge is -2.37. The number of hydrogen-bond donors (Lipinski definition) is 1. The molecular weight excluding hydrogens is 354 g/mol. The van der Waals surface area contributed by atoms with Crippen molar-refractivity contribution in [1.82, 2.24) is 4.90 Å². The Morgan fingerprint density at radius 2 is 1.78 bits per heavy atom. The lowest BCUT2D eigenvalue weighted by molar-refractivity contribution is 0.0748. The van der Waals surface area contributed by atoms with Crippen molar-refractivity contribution in [2.24, 2.45) is 0 Å². The number of carbonyl (C=O) groups excluding carboxylic acids is 1. The summed E-state index contributed by atoms with van der Waals surface area (Å²) in [6.45, 7) is 5.22. The Morgan fingerprint density at radius 1 is 1.09 bits per heavy atom. The first-order valence-electron chi connectivity index (χ1n) is 7.71. The molecule has 23 heavy (non-hydrogen) atoms. The van der Waals surface area contributed by atoms with Gasteiger partial charge in [0.05, 0.1) is 5.56 Å². The van der Waals surface area contributed by atoms with Crippen LogP contribution < -0.4 is 10.6 Å². The van der Waals surface area contributed by atoms with Crippen LogP contribution in [-0.2, 0) is 0 Å². The van der Waals surface area contributed by atoms with Crippen molar-refractivity contribution >= 4 is 33.2 Å². The van der Waals surface area contributed by atoms with Crippen LogP contribution >= 0.6 is 15.9 Å². The summed E-state index contributed by atoms with van der Waals surface area (Å²) in [5.41, 5.74) is 9.60. The zero-order valence-electron chi connectivity index (χ0n) is 13.1. The molecule has 0 atom stereocenters. The number of rotatable bonds is 2. The molecule has 1 aliphatic heterocycles. The van der Waals surface area contributed by atoms with Crippen molar-refractivity contribution in [3.05, 3.63) is 58.1 Å². The lowest BCUT2D eigenvalue weighted by Crippen LogP contribution is -2.49. The van der Waals surface area contributed by atoms with E-state index >= 15 is 0 Å². The van der Waals surface area contributed by atoms with E-state index in [1.807, 2.05) is 11.0 Å². The molecule has 2 aromatic carbocycles. The molecule has 1 amide bonds. The van der Waals surface area contributed by atoms with Crippen molar-refractivity contribution in [3.8, 4) is 0 Å². The summed E-state index contributed by atoms with van der Waals surface area (Å²) in [4.78, 5) is 16.9. The topological polar surface area (TPSA) is 49.6 Å². The van der Waals surface area contributed by atoms with Gasteiger partial charge in [-0.3, -0.25) is 4.79 Å². The van der Waals surface area contributed by atoms with Gasteiger partial charge in [0.25, 0.3) is 5.91 Å². The van der Waals surface area contributed by atoms with Crippen molar-refractivity contribution in [2.45, 2.75) is 6.92 Å². The van der Waals surface area contributed by atoms with Crippen LogP contribution in [0.1, 0.15) is 15.9 Å². The zero-order valence-corrected chi connectivity index (χ0v) is 14.7. The van der Waals surface area contributed by atoms with Crippen LogP contribution in [-0.4, -0.2) is 37.0 Å². The molecule has 1 saturated heterocycles. The number of para-hydroxylation sites is 1. The Bertz CT molecular complexity index is 724. The standard InChI is InChI=1S/C18H20BrN3O/c1-13-4-2-3-5-17(13)21-8-10-22(11-9-21)18(23)15-7-6-14(19)12-16(15)20/h2-7,12H,8-11,20H2,1H3. The van der Waals surface area contributed by atoms with E-state index in [9.17, 15) is 4.79 Å². The van der Waals surface area contributed by atoms with Gasteiger partial charge < -0.3 is 15.5 Å². The van der Waals surface area contributed by atoms with Gasteiger partial charge in [-0.1, -0.05) is 34.1 Å². The molecule has 0 saturated carbocycles. The molecule has 0 spiro atoms. The summed E-state index contributed by atoms with van der Waals surface area (Å²) in [5.74, 6) is 0.0134. The maximum Gasteiger partial charge on any atom is 0.256 e. The molecule has 0 aliphatic carbocycles. The summed E-state index contributed by atoms with van der Waals surface area (Å²) >= 11 is 3.37. The minimum Gasteiger partial charge on any atom is -0.398 e. The number of halogens is 1. The van der Waals surface area contributed by atoms with Gasteiger partial charge in [0.1, 0.15) is 0 Å². The first-order valence-corrected chi connectivity index (χ1v) is 8.50. The van der Waals surface area contributed by atoms with E-state index in [0.717, 1.165) is 17.6 Å². The van der Waals surface area contributed by atoms with Crippen LogP contribution in [0.25, 0.3) is 0 Å². The number of anilines is 2. The van der Waals surface area contributed by atoms with E-state index in [4.69, 9.17) is 5.73 Å². The quantitative estimate of drug-likeness (QED) is 0.821. The molecule has 5 heteroatoms. The summed E-state index contributed by atoms with van der Waals surface area (Å²) in [5, 5.41) is 0. The SMILES string of the molecule is Cc1ccccc1N1CCN(C(=O)c2ccc(Br)cc2N)CC1. The second-order valence-electron chi connectivity index (χ2n) is 5.80. The molecule has 3 rings (SSSR count). The van der Waals surface area contributed by atoms with Gasteiger partial charge in [0, 0.05) is 42.0 Å². The molecule has 0 unspecified atom stereocenters. The van der Waals surface area contributed by atoms with E-state index in [1.165, 1.54) is 11.3 Å². The monoisotopic (exact) mass is 373 g/mol. The molecule has 2 N–H and O–H groups in total. The van der Waals surface area contributed by atoms with E-state index in [2.05, 4.69) is 52.0 Å². The predicted octanol–water partition coefficient (Wildman–Crippen LogP) is 3.30. The first kappa shape index (κ1) is 15.9. The molecule has 120 valence electrons. The van der Waals surface area contributed by atoms with Crippen LogP contribution in [0.3, 0.4) is 0 Å². The fourth-order valence-corrected chi connectivity index (χ4v) is 3.35. The first-order chi connectivity index (χ1) is 11.1. The third kappa shape index (κ3) is 3.34. The second-order valence-corrected chi connectivity index (χ2v) is 6.71. The number of nitrogens with two attached hydrogens (primary N) is 1. The normalized spacial score (nSPS) is 14.9. The third-order valence-corrected chi connectivity index (χ3v) is 4.76. The molecule has 0 radical (unpaired) electrons. The van der Waals surface area contributed by atoms with Crippen LogP contribution in [0.4, 0.5) is 11.4 Å². The van der Waals surface area contributed by atoms with Crippen molar-refractivity contribution in [2.75, 3.05) is 36.8 Å². The molecule has 2 aromatic rings.